The van der Waals surface area contributed by atoms with Crippen LogP contribution in [0.3, 0.4) is 0 Å². The Balaban J connectivity index is 1.90. The minimum absolute atomic E-state index is 0.0400. The molecule has 3 rings (SSSR count). The van der Waals surface area contributed by atoms with Crippen molar-refractivity contribution in [1.82, 2.24) is 28.5 Å². The summed E-state index contributed by atoms with van der Waals surface area (Å²) in [5.74, 6) is -0.0400. The number of likely N-dealkylation sites (N-methyl/N-ethyl adjacent to an activating group) is 1. The van der Waals surface area contributed by atoms with Crippen LogP contribution in [0.15, 0.2) is 15.9 Å². The average Bonchev–Trinajstić information content (AvgIpc) is 3.01. The van der Waals surface area contributed by atoms with Gasteiger partial charge in [0.15, 0.2) is 11.2 Å². The molecule has 136 valence electrons. The number of aryl methyl sites for hydroxylation is 1. The molecule has 25 heavy (non-hydrogen) atoms. The summed E-state index contributed by atoms with van der Waals surface area (Å²) < 4.78 is 3.90. The molecule has 1 aliphatic heterocycles. The molecule has 0 aliphatic carbocycles. The molecule has 1 saturated heterocycles. The van der Waals surface area contributed by atoms with E-state index in [1.807, 2.05) is 19.0 Å². The maximum Gasteiger partial charge on any atom is 0.332 e. The van der Waals surface area contributed by atoms with Crippen LogP contribution in [0.2, 0.25) is 0 Å². The monoisotopic (exact) mass is 348 g/mol. The maximum absolute atomic E-state index is 12.7. The fourth-order valence-corrected chi connectivity index (χ4v) is 3.37. The van der Waals surface area contributed by atoms with Gasteiger partial charge in [-0.1, -0.05) is 0 Å². The van der Waals surface area contributed by atoms with Crippen LogP contribution < -0.4 is 11.2 Å². The Morgan fingerprint density at radius 1 is 1.28 bits per heavy atom. The lowest BCUT2D eigenvalue weighted by Crippen LogP contribution is -2.48. The van der Waals surface area contributed by atoms with Gasteiger partial charge in [-0.3, -0.25) is 18.7 Å². The topological polar surface area (TPSA) is 85.4 Å². The smallest absolute Gasteiger partial charge is 0.332 e. The first-order valence-corrected chi connectivity index (χ1v) is 8.36. The number of fused-ring (bicyclic) bond motifs is 1. The number of hydrogen-bond donors (Lipinski definition) is 0. The summed E-state index contributed by atoms with van der Waals surface area (Å²) in [5, 5.41) is 0. The molecule has 0 aromatic carbocycles. The van der Waals surface area contributed by atoms with E-state index in [4.69, 9.17) is 0 Å². The van der Waals surface area contributed by atoms with Crippen LogP contribution in [0.5, 0.6) is 0 Å². The number of likely N-dealkylation sites (tertiary alicyclic amines) is 1. The van der Waals surface area contributed by atoms with E-state index < -0.39 is 11.2 Å². The molecule has 1 unspecified atom stereocenters. The normalized spacial score (nSPS) is 18.3. The van der Waals surface area contributed by atoms with E-state index in [-0.39, 0.29) is 18.0 Å². The van der Waals surface area contributed by atoms with E-state index in [9.17, 15) is 14.4 Å². The molecule has 9 nitrogen and oxygen atoms in total. The molecule has 0 radical (unpaired) electrons. The molecule has 1 fully saturated rings. The summed E-state index contributed by atoms with van der Waals surface area (Å²) >= 11 is 0. The highest BCUT2D eigenvalue weighted by Gasteiger charge is 2.25. The zero-order valence-electron chi connectivity index (χ0n) is 15.1. The Bertz CT molecular complexity index is 922. The second-order valence-corrected chi connectivity index (χ2v) is 6.85. The van der Waals surface area contributed by atoms with Crippen molar-refractivity contribution in [2.45, 2.75) is 25.4 Å². The number of hydrogen-bond acceptors (Lipinski definition) is 5. The molecule has 0 spiro atoms. The van der Waals surface area contributed by atoms with Crippen LogP contribution in [-0.2, 0) is 25.4 Å². The van der Waals surface area contributed by atoms with Crippen molar-refractivity contribution in [3.05, 3.63) is 27.2 Å². The number of piperidine rings is 1. The summed E-state index contributed by atoms with van der Waals surface area (Å²) in [6.45, 7) is 1.46. The van der Waals surface area contributed by atoms with Crippen LogP contribution in [0.4, 0.5) is 0 Å². The first kappa shape index (κ1) is 17.4. The molecule has 1 aliphatic rings. The van der Waals surface area contributed by atoms with Crippen molar-refractivity contribution >= 4 is 17.1 Å². The maximum atomic E-state index is 12.7. The quantitative estimate of drug-likeness (QED) is 0.709. The first-order valence-electron chi connectivity index (χ1n) is 8.36. The van der Waals surface area contributed by atoms with E-state index in [1.165, 1.54) is 17.9 Å². The summed E-state index contributed by atoms with van der Waals surface area (Å²) in [5.41, 5.74) is -0.294. The number of amides is 1. The Labute approximate surface area is 145 Å². The van der Waals surface area contributed by atoms with Crippen molar-refractivity contribution in [2.75, 3.05) is 27.2 Å². The number of rotatable bonds is 3. The molecular weight excluding hydrogens is 324 g/mol. The molecule has 9 heteroatoms. The number of carbonyl (C=O) groups is 1. The highest BCUT2D eigenvalue weighted by Crippen LogP contribution is 2.15. The fraction of sp³-hybridized carbons (Fsp3) is 0.625. The van der Waals surface area contributed by atoms with Crippen molar-refractivity contribution < 1.29 is 4.79 Å². The van der Waals surface area contributed by atoms with E-state index in [1.54, 1.807) is 11.6 Å². The van der Waals surface area contributed by atoms with Gasteiger partial charge in [-0.05, 0) is 26.9 Å². The summed E-state index contributed by atoms with van der Waals surface area (Å²) in [4.78, 5) is 45.3. The van der Waals surface area contributed by atoms with E-state index in [0.717, 1.165) is 24.0 Å². The van der Waals surface area contributed by atoms with E-state index >= 15 is 0 Å². The lowest BCUT2D eigenvalue weighted by molar-refractivity contribution is -0.133. The lowest BCUT2D eigenvalue weighted by atomic mass is 10.0. The predicted octanol–water partition coefficient (Wildman–Crippen LogP) is -1.01. The Kier molecular flexibility index (Phi) is 4.51. The Morgan fingerprint density at radius 3 is 2.68 bits per heavy atom. The second-order valence-electron chi connectivity index (χ2n) is 6.85. The Morgan fingerprint density at radius 2 is 2.00 bits per heavy atom. The second kappa shape index (κ2) is 6.47. The van der Waals surface area contributed by atoms with Crippen LogP contribution in [0.1, 0.15) is 12.8 Å². The molecule has 0 saturated carbocycles. The van der Waals surface area contributed by atoms with Crippen LogP contribution in [-0.4, -0.2) is 67.6 Å². The standard InChI is InChI=1S/C16H24N6O3/c1-18(2)11-6-5-7-21(8-11)12(23)9-22-10-17-14-13(22)15(24)20(4)16(25)19(14)3/h10-11H,5-9H2,1-4H3. The SMILES string of the molecule is CN(C)C1CCCN(C(=O)Cn2cnc3c2c(=O)n(C)c(=O)n3C)C1. The first-order chi connectivity index (χ1) is 11.8. The molecule has 3 heterocycles. The minimum Gasteiger partial charge on any atom is -0.340 e. The van der Waals surface area contributed by atoms with Crippen molar-refractivity contribution in [2.24, 2.45) is 14.1 Å². The fourth-order valence-electron chi connectivity index (χ4n) is 3.37. The van der Waals surface area contributed by atoms with Gasteiger partial charge < -0.3 is 14.4 Å². The van der Waals surface area contributed by atoms with Gasteiger partial charge in [0.2, 0.25) is 5.91 Å². The van der Waals surface area contributed by atoms with Crippen LogP contribution >= 0.6 is 0 Å². The van der Waals surface area contributed by atoms with Gasteiger partial charge in [-0.25, -0.2) is 9.78 Å². The van der Waals surface area contributed by atoms with Gasteiger partial charge in [0.1, 0.15) is 6.54 Å². The summed E-state index contributed by atoms with van der Waals surface area (Å²) in [7, 11) is 7.03. The van der Waals surface area contributed by atoms with Gasteiger partial charge in [-0.15, -0.1) is 0 Å². The van der Waals surface area contributed by atoms with Gasteiger partial charge in [0, 0.05) is 33.2 Å². The molecule has 2 aromatic rings. The summed E-state index contributed by atoms with van der Waals surface area (Å²) in [6.07, 6.45) is 3.50. The molecule has 1 amide bonds. The Hall–Kier alpha value is -2.42. The third kappa shape index (κ3) is 2.99. The van der Waals surface area contributed by atoms with E-state index in [2.05, 4.69) is 9.88 Å². The molecule has 2 aromatic heterocycles. The zero-order chi connectivity index (χ0) is 18.3. The predicted molar refractivity (Wildman–Crippen MR) is 93.5 cm³/mol. The molecular formula is C16H24N6O3. The number of carbonyl (C=O) groups excluding carboxylic acids is 1. The largest absolute Gasteiger partial charge is 0.340 e. The molecule has 1 atom stereocenters. The van der Waals surface area contributed by atoms with Crippen molar-refractivity contribution in [1.29, 1.82) is 0 Å². The van der Waals surface area contributed by atoms with Crippen LogP contribution in [0.25, 0.3) is 11.2 Å². The molecule has 0 bridgehead atoms. The summed E-state index contributed by atoms with van der Waals surface area (Å²) in [6, 6.07) is 0.353. The lowest BCUT2D eigenvalue weighted by Gasteiger charge is -2.36. The third-order valence-electron chi connectivity index (χ3n) is 5.00. The zero-order valence-corrected chi connectivity index (χ0v) is 15.1. The van der Waals surface area contributed by atoms with Crippen LogP contribution in [0, 0.1) is 0 Å². The highest BCUT2D eigenvalue weighted by molar-refractivity contribution is 5.79. The van der Waals surface area contributed by atoms with Gasteiger partial charge >= 0.3 is 5.69 Å². The van der Waals surface area contributed by atoms with Gasteiger partial charge in [0.05, 0.1) is 6.33 Å². The molecule has 0 N–H and O–H groups in total. The van der Waals surface area contributed by atoms with Gasteiger partial charge in [0.25, 0.3) is 5.56 Å². The van der Waals surface area contributed by atoms with E-state index in [0.29, 0.717) is 18.2 Å². The van der Waals surface area contributed by atoms with Crippen molar-refractivity contribution in [3.8, 4) is 0 Å². The third-order valence-corrected chi connectivity index (χ3v) is 5.00. The van der Waals surface area contributed by atoms with Crippen molar-refractivity contribution in [3.63, 3.8) is 0 Å². The number of imidazole rings is 1. The average molecular weight is 348 g/mol. The highest BCUT2D eigenvalue weighted by atomic mass is 16.2. The minimum atomic E-state index is -0.437. The number of nitrogens with zero attached hydrogens (tertiary/aromatic N) is 6. The van der Waals surface area contributed by atoms with Gasteiger partial charge in [-0.2, -0.15) is 0 Å². The number of aromatic nitrogens is 4.